The fraction of sp³-hybridized carbons (Fsp3) is 0.579. The van der Waals surface area contributed by atoms with E-state index >= 15 is 0 Å². The number of ether oxygens (including phenoxy) is 1. The van der Waals surface area contributed by atoms with Gasteiger partial charge in [-0.2, -0.15) is 0 Å². The molecule has 1 aliphatic rings. The van der Waals surface area contributed by atoms with Crippen LogP contribution < -0.4 is 0 Å². The second-order valence-corrected chi connectivity index (χ2v) is 7.51. The largest absolute Gasteiger partial charge is 0.481 e. The summed E-state index contributed by atoms with van der Waals surface area (Å²) in [6, 6.07) is 7.64. The van der Waals surface area contributed by atoms with Crippen LogP contribution in [0.25, 0.3) is 0 Å². The van der Waals surface area contributed by atoms with Crippen molar-refractivity contribution in [3.05, 3.63) is 34.9 Å². The zero-order valence-electron chi connectivity index (χ0n) is 14.8. The first-order valence-corrected chi connectivity index (χ1v) is 8.98. The molecule has 2 unspecified atom stereocenters. The average Bonchev–Trinajstić information content (AvgIpc) is 2.57. The van der Waals surface area contributed by atoms with Crippen LogP contribution in [0.1, 0.15) is 31.7 Å². The van der Waals surface area contributed by atoms with Gasteiger partial charge in [0.25, 0.3) is 0 Å². The van der Waals surface area contributed by atoms with Crippen LogP contribution in [0.5, 0.6) is 0 Å². The molecular weight excluding hydrogens is 342 g/mol. The SMILES string of the molecule is COCC1(C(=O)O)CCCN(C(=O)CC(C)Cc2ccc(Cl)cc2)C1. The number of methoxy groups -OCH3 is 1. The highest BCUT2D eigenvalue weighted by atomic mass is 35.5. The number of hydrogen-bond donors (Lipinski definition) is 1. The smallest absolute Gasteiger partial charge is 0.313 e. The van der Waals surface area contributed by atoms with Gasteiger partial charge in [0.05, 0.1) is 6.61 Å². The lowest BCUT2D eigenvalue weighted by Crippen LogP contribution is -2.52. The van der Waals surface area contributed by atoms with E-state index in [2.05, 4.69) is 0 Å². The van der Waals surface area contributed by atoms with Gasteiger partial charge in [-0.15, -0.1) is 0 Å². The molecule has 0 saturated carbocycles. The molecule has 1 heterocycles. The lowest BCUT2D eigenvalue weighted by Gasteiger charge is -2.39. The molecule has 6 heteroatoms. The summed E-state index contributed by atoms with van der Waals surface area (Å²) in [5.41, 5.74) is 0.157. The number of nitrogens with zero attached hydrogens (tertiary/aromatic N) is 1. The van der Waals surface area contributed by atoms with E-state index in [0.717, 1.165) is 12.0 Å². The van der Waals surface area contributed by atoms with Crippen molar-refractivity contribution in [2.45, 2.75) is 32.6 Å². The van der Waals surface area contributed by atoms with Gasteiger partial charge < -0.3 is 14.7 Å². The van der Waals surface area contributed by atoms with E-state index < -0.39 is 11.4 Å². The Morgan fingerprint density at radius 3 is 2.64 bits per heavy atom. The van der Waals surface area contributed by atoms with Crippen LogP contribution in [0.15, 0.2) is 24.3 Å². The summed E-state index contributed by atoms with van der Waals surface area (Å²) in [5, 5.41) is 10.3. The summed E-state index contributed by atoms with van der Waals surface area (Å²) in [5.74, 6) is -0.693. The van der Waals surface area contributed by atoms with Gasteiger partial charge in [0.1, 0.15) is 5.41 Å². The number of benzene rings is 1. The molecule has 5 nitrogen and oxygen atoms in total. The molecule has 1 N–H and O–H groups in total. The summed E-state index contributed by atoms with van der Waals surface area (Å²) >= 11 is 5.89. The van der Waals surface area contributed by atoms with Gasteiger partial charge in [0.2, 0.25) is 5.91 Å². The van der Waals surface area contributed by atoms with Crippen molar-refractivity contribution in [3.63, 3.8) is 0 Å². The van der Waals surface area contributed by atoms with Crippen molar-refractivity contribution >= 4 is 23.5 Å². The molecule has 25 heavy (non-hydrogen) atoms. The van der Waals surface area contributed by atoms with E-state index in [9.17, 15) is 14.7 Å². The maximum absolute atomic E-state index is 12.6. The summed E-state index contributed by atoms with van der Waals surface area (Å²) in [6.45, 7) is 3.01. The zero-order valence-corrected chi connectivity index (χ0v) is 15.6. The number of piperidine rings is 1. The van der Waals surface area contributed by atoms with E-state index in [1.165, 1.54) is 7.11 Å². The molecule has 1 amide bonds. The maximum Gasteiger partial charge on any atom is 0.313 e. The van der Waals surface area contributed by atoms with Gasteiger partial charge >= 0.3 is 5.97 Å². The van der Waals surface area contributed by atoms with Crippen LogP contribution in [0, 0.1) is 11.3 Å². The van der Waals surface area contributed by atoms with Crippen LogP contribution in [-0.2, 0) is 20.7 Å². The summed E-state index contributed by atoms with van der Waals surface area (Å²) < 4.78 is 5.11. The standard InChI is InChI=1S/C19H26ClNO4/c1-14(10-15-4-6-16(20)7-5-15)11-17(22)21-9-3-8-19(12-21,13-25-2)18(23)24/h4-7,14H,3,8-13H2,1-2H3,(H,23,24). The highest BCUT2D eigenvalue weighted by Gasteiger charge is 2.43. The molecule has 1 aliphatic heterocycles. The monoisotopic (exact) mass is 367 g/mol. The maximum atomic E-state index is 12.6. The Morgan fingerprint density at radius 1 is 1.36 bits per heavy atom. The number of hydrogen-bond acceptors (Lipinski definition) is 3. The molecule has 0 spiro atoms. The minimum atomic E-state index is -0.984. The first-order valence-electron chi connectivity index (χ1n) is 8.61. The van der Waals surface area contributed by atoms with Crippen molar-refractivity contribution < 1.29 is 19.4 Å². The molecule has 0 bridgehead atoms. The lowest BCUT2D eigenvalue weighted by molar-refractivity contribution is -0.159. The summed E-state index contributed by atoms with van der Waals surface area (Å²) in [6.07, 6.45) is 2.43. The molecule has 2 rings (SSSR count). The number of carbonyl (C=O) groups excluding carboxylic acids is 1. The fourth-order valence-corrected chi connectivity index (χ4v) is 3.62. The normalized spacial score (nSPS) is 21.8. The lowest BCUT2D eigenvalue weighted by atomic mass is 9.80. The number of carboxylic acids is 1. The highest BCUT2D eigenvalue weighted by Crippen LogP contribution is 2.31. The van der Waals surface area contributed by atoms with Crippen LogP contribution in [0.2, 0.25) is 5.02 Å². The Balaban J connectivity index is 1.95. The predicted octanol–water partition coefficient (Wildman–Crippen LogP) is 3.25. The number of aliphatic carboxylic acids is 1. The minimum absolute atomic E-state index is 0.0166. The Morgan fingerprint density at radius 2 is 2.04 bits per heavy atom. The van der Waals surface area contributed by atoms with Gasteiger partial charge in [-0.1, -0.05) is 30.7 Å². The van der Waals surface area contributed by atoms with E-state index in [4.69, 9.17) is 16.3 Å². The minimum Gasteiger partial charge on any atom is -0.481 e. The molecule has 2 atom stereocenters. The number of halogens is 1. The second kappa shape index (κ2) is 8.68. The van der Waals surface area contributed by atoms with Gasteiger partial charge in [-0.25, -0.2) is 0 Å². The number of rotatable bonds is 7. The van der Waals surface area contributed by atoms with Crippen LogP contribution in [-0.4, -0.2) is 48.7 Å². The van der Waals surface area contributed by atoms with Crippen molar-refractivity contribution in [1.29, 1.82) is 0 Å². The number of amides is 1. The molecule has 138 valence electrons. The van der Waals surface area contributed by atoms with Crippen molar-refractivity contribution in [3.8, 4) is 0 Å². The molecule has 0 aliphatic carbocycles. The molecule has 0 aromatic heterocycles. The Bertz CT molecular complexity index is 600. The summed E-state index contributed by atoms with van der Waals surface area (Å²) in [7, 11) is 1.50. The highest BCUT2D eigenvalue weighted by molar-refractivity contribution is 6.30. The van der Waals surface area contributed by atoms with Gasteiger partial charge in [0.15, 0.2) is 0 Å². The molecular formula is C19H26ClNO4. The Hall–Kier alpha value is -1.59. The van der Waals surface area contributed by atoms with E-state index in [-0.39, 0.29) is 25.0 Å². The molecule has 1 fully saturated rings. The van der Waals surface area contributed by atoms with Crippen molar-refractivity contribution in [2.75, 3.05) is 26.8 Å². The van der Waals surface area contributed by atoms with E-state index in [1.807, 2.05) is 31.2 Å². The average molecular weight is 368 g/mol. The topological polar surface area (TPSA) is 66.8 Å². The van der Waals surface area contributed by atoms with E-state index in [0.29, 0.717) is 30.8 Å². The van der Waals surface area contributed by atoms with Gasteiger partial charge in [-0.3, -0.25) is 9.59 Å². The second-order valence-electron chi connectivity index (χ2n) is 7.08. The third-order valence-corrected chi connectivity index (χ3v) is 5.08. The van der Waals surface area contributed by atoms with Gasteiger partial charge in [0, 0.05) is 31.6 Å². The first kappa shape index (κ1) is 19.7. The third-order valence-electron chi connectivity index (χ3n) is 4.82. The first-order chi connectivity index (χ1) is 11.9. The van der Waals surface area contributed by atoms with Crippen LogP contribution in [0.3, 0.4) is 0 Å². The number of likely N-dealkylation sites (tertiary alicyclic amines) is 1. The molecule has 1 aromatic carbocycles. The Labute approximate surface area is 153 Å². The molecule has 1 aromatic rings. The summed E-state index contributed by atoms with van der Waals surface area (Å²) in [4.78, 5) is 26.0. The van der Waals surface area contributed by atoms with E-state index in [1.54, 1.807) is 4.90 Å². The quantitative estimate of drug-likeness (QED) is 0.803. The molecule has 1 saturated heterocycles. The van der Waals surface area contributed by atoms with Crippen LogP contribution >= 0.6 is 11.6 Å². The van der Waals surface area contributed by atoms with Gasteiger partial charge in [-0.05, 0) is 42.9 Å². The van der Waals surface area contributed by atoms with Crippen molar-refractivity contribution in [1.82, 2.24) is 4.90 Å². The Kier molecular flexibility index (Phi) is 6.85. The number of carboxylic acid groups (broad SMARTS) is 1. The van der Waals surface area contributed by atoms with Crippen LogP contribution in [0.4, 0.5) is 0 Å². The zero-order chi connectivity index (χ0) is 18.4. The fourth-order valence-electron chi connectivity index (χ4n) is 3.50. The van der Waals surface area contributed by atoms with Crippen molar-refractivity contribution in [2.24, 2.45) is 11.3 Å². The predicted molar refractivity (Wildman–Crippen MR) is 96.7 cm³/mol. The molecule has 0 radical (unpaired) electrons. The third kappa shape index (κ3) is 5.19. The number of carbonyl (C=O) groups is 2.